The maximum Gasteiger partial charge on any atom is 0.292 e. The Bertz CT molecular complexity index is 759. The molecule has 0 aromatic heterocycles. The van der Waals surface area contributed by atoms with E-state index in [1.54, 1.807) is 0 Å². The lowest BCUT2D eigenvalue weighted by Crippen LogP contribution is -2.35. The first kappa shape index (κ1) is 34.2. The van der Waals surface area contributed by atoms with Crippen molar-refractivity contribution in [2.75, 3.05) is 0 Å². The summed E-state index contributed by atoms with van der Waals surface area (Å²) >= 11 is 0. The zero-order valence-electron chi connectivity index (χ0n) is 25.5. The van der Waals surface area contributed by atoms with Crippen LogP contribution < -0.4 is 0 Å². The highest BCUT2D eigenvalue weighted by Crippen LogP contribution is 2.37. The maximum atomic E-state index is 13.1. The van der Waals surface area contributed by atoms with E-state index < -0.39 is 25.0 Å². The van der Waals surface area contributed by atoms with Gasteiger partial charge in [0, 0.05) is 24.7 Å². The smallest absolute Gasteiger partial charge is 0.292 e. The molecule has 1 fully saturated rings. The summed E-state index contributed by atoms with van der Waals surface area (Å²) in [6.45, 7) is 21.6. The van der Waals surface area contributed by atoms with E-state index in [1.165, 1.54) is 12.8 Å². The fraction of sp³-hybridized carbons (Fsp3) is 0.793. The van der Waals surface area contributed by atoms with Crippen LogP contribution in [0.1, 0.15) is 64.7 Å². The van der Waals surface area contributed by atoms with Gasteiger partial charge in [0.05, 0.1) is 12.2 Å². The minimum Gasteiger partial charge on any atom is -0.520 e. The van der Waals surface area contributed by atoms with Crippen LogP contribution in [0.2, 0.25) is 58.9 Å². The zero-order valence-corrected chi connectivity index (χ0v) is 28.5. The summed E-state index contributed by atoms with van der Waals surface area (Å²) in [4.78, 5) is 25.1. The van der Waals surface area contributed by atoms with Crippen LogP contribution in [0, 0.1) is 11.8 Å². The molecule has 214 valence electrons. The molecule has 4 atom stereocenters. The molecule has 4 unspecified atom stereocenters. The van der Waals surface area contributed by atoms with E-state index in [-0.39, 0.29) is 35.8 Å². The van der Waals surface area contributed by atoms with Crippen molar-refractivity contribution in [3.8, 4) is 0 Å². The van der Waals surface area contributed by atoms with Crippen molar-refractivity contribution in [1.82, 2.24) is 0 Å². The van der Waals surface area contributed by atoms with Gasteiger partial charge in [0.2, 0.25) is 8.32 Å². The highest BCUT2D eigenvalue weighted by molar-refractivity contribution is 6.71. The van der Waals surface area contributed by atoms with Gasteiger partial charge in [0.15, 0.2) is 16.6 Å². The van der Waals surface area contributed by atoms with E-state index >= 15 is 0 Å². The molecule has 0 N–H and O–H groups in total. The Labute approximate surface area is 231 Å². The Kier molecular flexibility index (Phi) is 14.5. The second kappa shape index (κ2) is 15.7. The monoisotopic (exact) mass is 568 g/mol. The molecule has 0 aromatic carbocycles. The summed E-state index contributed by atoms with van der Waals surface area (Å²) in [7, 11) is -5.29. The van der Waals surface area contributed by atoms with Crippen LogP contribution in [-0.2, 0) is 22.9 Å². The lowest BCUT2D eigenvalue weighted by Gasteiger charge is -2.28. The first-order chi connectivity index (χ1) is 17.0. The highest BCUT2D eigenvalue weighted by atomic mass is 28.4. The van der Waals surface area contributed by atoms with Crippen molar-refractivity contribution in [2.24, 2.45) is 11.8 Å². The molecule has 0 heterocycles. The molecule has 0 spiro atoms. The van der Waals surface area contributed by atoms with Gasteiger partial charge in [-0.15, -0.1) is 0 Å². The largest absolute Gasteiger partial charge is 0.520 e. The van der Waals surface area contributed by atoms with Gasteiger partial charge < -0.3 is 13.3 Å². The number of hydrogen-bond donors (Lipinski definition) is 0. The lowest BCUT2D eigenvalue weighted by atomic mass is 9.90. The third-order valence-electron chi connectivity index (χ3n) is 6.09. The normalized spacial score (nSPS) is 22.3. The fourth-order valence-corrected chi connectivity index (χ4v) is 7.76. The Morgan fingerprint density at radius 2 is 1.62 bits per heavy atom. The van der Waals surface area contributed by atoms with Crippen LogP contribution in [0.5, 0.6) is 0 Å². The Morgan fingerprint density at radius 3 is 2.19 bits per heavy atom. The number of carbonyl (C=O) groups excluding carboxylic acids is 2. The average Bonchev–Trinajstić information content (AvgIpc) is 2.98. The molecular formula is C29H56O5Si3. The van der Waals surface area contributed by atoms with Crippen molar-refractivity contribution in [1.29, 1.82) is 0 Å². The number of rotatable bonds is 17. The van der Waals surface area contributed by atoms with Crippen LogP contribution >= 0.6 is 0 Å². The topological polar surface area (TPSA) is 61.8 Å². The van der Waals surface area contributed by atoms with Crippen LogP contribution in [0.3, 0.4) is 0 Å². The van der Waals surface area contributed by atoms with E-state index in [1.807, 2.05) is 19.6 Å². The summed E-state index contributed by atoms with van der Waals surface area (Å²) in [5.41, 5.74) is 0. The molecule has 0 radical (unpaired) electrons. The molecule has 1 rings (SSSR count). The first-order valence-corrected chi connectivity index (χ1v) is 24.7. The van der Waals surface area contributed by atoms with Gasteiger partial charge in [-0.1, -0.05) is 50.5 Å². The van der Waals surface area contributed by atoms with E-state index in [0.717, 1.165) is 32.1 Å². The molecule has 0 aliphatic heterocycles. The van der Waals surface area contributed by atoms with Crippen LogP contribution in [0.15, 0.2) is 24.3 Å². The molecule has 0 amide bonds. The van der Waals surface area contributed by atoms with Crippen molar-refractivity contribution in [2.45, 2.75) is 136 Å². The van der Waals surface area contributed by atoms with Gasteiger partial charge in [0.1, 0.15) is 5.78 Å². The predicted octanol–water partition coefficient (Wildman–Crippen LogP) is 8.26. The molecule has 1 aliphatic carbocycles. The van der Waals surface area contributed by atoms with Crippen LogP contribution in [0.25, 0.3) is 0 Å². The minimum atomic E-state index is -1.82. The van der Waals surface area contributed by atoms with Gasteiger partial charge >= 0.3 is 0 Å². The average molecular weight is 569 g/mol. The summed E-state index contributed by atoms with van der Waals surface area (Å²) < 4.78 is 18.5. The molecule has 5 nitrogen and oxygen atoms in total. The van der Waals surface area contributed by atoms with E-state index in [0.29, 0.717) is 12.8 Å². The number of allylic oxidation sites excluding steroid dienone is 3. The fourth-order valence-electron chi connectivity index (χ4n) is 4.70. The summed E-state index contributed by atoms with van der Waals surface area (Å²) in [5.74, 6) is 0.215. The summed E-state index contributed by atoms with van der Waals surface area (Å²) in [6.07, 6.45) is 16.6. The number of Topliss-reactive ketones (excluding diaryl/α,β-unsaturated/α-hetero) is 1. The molecule has 0 saturated heterocycles. The van der Waals surface area contributed by atoms with Crippen molar-refractivity contribution in [3.63, 3.8) is 0 Å². The number of unbranched alkanes of at least 4 members (excludes halogenated alkanes) is 3. The van der Waals surface area contributed by atoms with Gasteiger partial charge in [-0.25, -0.2) is 0 Å². The highest BCUT2D eigenvalue weighted by Gasteiger charge is 2.42. The molecule has 37 heavy (non-hydrogen) atoms. The SMILES string of the molecule is CCCCCC(/C=C/C1C(=O)CC(O[Si](C)(C)C)C1C/C=C/CCCC(=O)O[Si](C)(C)C)O[Si](C)(C)C. The number of hydrogen-bond acceptors (Lipinski definition) is 5. The second-order valence-corrected chi connectivity index (χ2v) is 26.8. The maximum absolute atomic E-state index is 13.1. The van der Waals surface area contributed by atoms with Crippen molar-refractivity contribution < 1.29 is 22.9 Å². The van der Waals surface area contributed by atoms with Gasteiger partial charge in [-0.05, 0) is 84.6 Å². The zero-order chi connectivity index (χ0) is 28.3. The van der Waals surface area contributed by atoms with E-state index in [4.69, 9.17) is 13.3 Å². The molecule has 8 heteroatoms. The number of ketones is 1. The molecule has 0 aromatic rings. The molecular weight excluding hydrogens is 513 g/mol. The Morgan fingerprint density at radius 1 is 0.946 bits per heavy atom. The van der Waals surface area contributed by atoms with Crippen molar-refractivity contribution in [3.05, 3.63) is 24.3 Å². The number of carbonyl (C=O) groups is 2. The van der Waals surface area contributed by atoms with Gasteiger partial charge in [-0.3, -0.25) is 9.59 Å². The van der Waals surface area contributed by atoms with Crippen molar-refractivity contribution >= 4 is 36.7 Å². The predicted molar refractivity (Wildman–Crippen MR) is 163 cm³/mol. The Balaban J connectivity index is 2.87. The van der Waals surface area contributed by atoms with Gasteiger partial charge in [-0.2, -0.15) is 0 Å². The standard InChI is InChI=1S/C29H56O5Si3/c1-11-12-15-18-24(32-35(2,3)4)21-22-25-26(28(23-27(25)30)33-36(5,6)7)19-16-13-14-17-20-29(31)34-37(8,9)10/h13,16,21-22,24-26,28H,11-12,14-15,17-20,23H2,1-10H3/b16-13+,22-21+. The molecule has 1 aliphatic rings. The third kappa shape index (κ3) is 16.0. The van der Waals surface area contributed by atoms with Crippen LogP contribution in [-0.4, -0.2) is 48.9 Å². The first-order valence-electron chi connectivity index (χ1n) is 14.4. The summed E-state index contributed by atoms with van der Waals surface area (Å²) in [5, 5.41) is 0. The van der Waals surface area contributed by atoms with Crippen LogP contribution in [0.4, 0.5) is 0 Å². The lowest BCUT2D eigenvalue weighted by molar-refractivity contribution is -0.135. The molecule has 0 bridgehead atoms. The quantitative estimate of drug-likeness (QED) is 0.100. The Hall–Kier alpha value is -0.809. The second-order valence-electron chi connectivity index (χ2n) is 13.5. The summed E-state index contributed by atoms with van der Waals surface area (Å²) in [6, 6.07) is 0. The van der Waals surface area contributed by atoms with Gasteiger partial charge in [0.25, 0.3) is 5.97 Å². The third-order valence-corrected chi connectivity index (χ3v) is 8.95. The van der Waals surface area contributed by atoms with E-state index in [9.17, 15) is 9.59 Å². The molecule has 1 saturated carbocycles. The minimum absolute atomic E-state index is 0.0263. The van der Waals surface area contributed by atoms with E-state index in [2.05, 4.69) is 70.5 Å².